The van der Waals surface area contributed by atoms with Crippen LogP contribution in [-0.2, 0) is 29.9 Å². The van der Waals surface area contributed by atoms with Crippen LogP contribution in [0.4, 0.5) is 34.9 Å². The third kappa shape index (κ3) is 18.3. The van der Waals surface area contributed by atoms with Crippen molar-refractivity contribution in [1.82, 2.24) is 39.3 Å². The highest BCUT2D eigenvalue weighted by atomic mass is 32.2. The molecule has 574 valence electrons. The summed E-state index contributed by atoms with van der Waals surface area (Å²) in [5, 5.41) is -0.400. The smallest absolute Gasteiger partial charge is 0.281 e. The number of nitrogens with zero attached hydrogens (tertiary/aromatic N) is 10. The van der Waals surface area contributed by atoms with Crippen LogP contribution in [0.25, 0.3) is 22.4 Å². The first-order valence-electron chi connectivity index (χ1n) is 36.8. The van der Waals surface area contributed by atoms with Crippen LogP contribution in [0.1, 0.15) is 162 Å². The number of nitrogens with two attached hydrogens (primary N) is 2. The maximum atomic E-state index is 13.6. The van der Waals surface area contributed by atoms with E-state index in [0.717, 1.165) is 79.6 Å². The molecule has 6 N–H and O–H groups in total. The van der Waals surface area contributed by atoms with Crippen LogP contribution in [0, 0.1) is 31.6 Å². The van der Waals surface area contributed by atoms with Crippen molar-refractivity contribution in [3.8, 4) is 28.1 Å². The second kappa shape index (κ2) is 32.4. The SMILES string of the molecule is CC1CN(c2ncccc2C(=O)CS(=O)(=O)c2cccc(N3CCCC3c3ccccc3)n2)C(C)(C)C1.CCCOc1ccc(-c2cnc(N3CC(C)CC3(C)C)c(C(=O)NS(=O)(=O)c3cccc(N)n3)c2)cc1C.Cc1ccc(-c2ccc(C(=O)NS(=O)(=O)c3cccnc3N)c(N3C[C@@H](C)CC3(C)C)n2)cc1. The number of nitrogens with one attached hydrogen (secondary N) is 2. The van der Waals surface area contributed by atoms with E-state index in [9.17, 15) is 39.6 Å². The molecule has 4 aliphatic heterocycles. The molecule has 3 aromatic carbocycles. The number of ketones is 1. The lowest BCUT2D eigenvalue weighted by atomic mass is 9.97. The summed E-state index contributed by atoms with van der Waals surface area (Å²) < 4.78 is 88.7. The number of anilines is 6. The Morgan fingerprint density at radius 2 is 1.15 bits per heavy atom. The number of hydrogen-bond acceptors (Lipinski definition) is 22. The molecule has 0 spiro atoms. The molecule has 6 aromatic heterocycles. The van der Waals surface area contributed by atoms with Crippen molar-refractivity contribution in [1.29, 1.82) is 0 Å². The summed E-state index contributed by atoms with van der Waals surface area (Å²) in [4.78, 5) is 74.8. The first-order chi connectivity index (χ1) is 51.5. The minimum absolute atomic E-state index is 0.0409. The number of nitrogen functional groups attached to an aromatic ring is 2. The van der Waals surface area contributed by atoms with Crippen molar-refractivity contribution in [3.63, 3.8) is 0 Å². The number of carbonyl (C=O) groups is 3. The highest BCUT2D eigenvalue weighted by Crippen LogP contribution is 2.43. The summed E-state index contributed by atoms with van der Waals surface area (Å²) in [6, 6.07) is 44.6. The van der Waals surface area contributed by atoms with E-state index in [0.29, 0.717) is 77.5 Å². The Kier molecular flexibility index (Phi) is 23.7. The average molecular weight is 1540 g/mol. The Morgan fingerprint density at radius 3 is 1.76 bits per heavy atom. The highest BCUT2D eigenvalue weighted by molar-refractivity contribution is 7.92. The van der Waals surface area contributed by atoms with Crippen molar-refractivity contribution in [3.05, 3.63) is 204 Å². The fourth-order valence-corrected chi connectivity index (χ4v) is 18.6. The summed E-state index contributed by atoms with van der Waals surface area (Å²) in [7, 11) is -12.4. The molecule has 0 radical (unpaired) electrons. The monoisotopic (exact) mass is 1530 g/mol. The number of aryl methyl sites for hydroxylation is 2. The van der Waals surface area contributed by atoms with Gasteiger partial charge in [0.05, 0.1) is 35.0 Å². The summed E-state index contributed by atoms with van der Waals surface area (Å²) in [5.74, 6) is 1.33. The van der Waals surface area contributed by atoms with Crippen LogP contribution in [0.5, 0.6) is 5.75 Å². The van der Waals surface area contributed by atoms with Crippen LogP contribution in [-0.4, -0.2) is 128 Å². The molecule has 4 aliphatic rings. The van der Waals surface area contributed by atoms with Gasteiger partial charge in [-0.3, -0.25) is 14.4 Å². The topological polar surface area (TPSA) is 329 Å². The molecule has 13 rings (SSSR count). The van der Waals surface area contributed by atoms with Gasteiger partial charge in [-0.1, -0.05) is 106 Å². The van der Waals surface area contributed by atoms with Gasteiger partial charge >= 0.3 is 0 Å². The van der Waals surface area contributed by atoms with E-state index in [4.69, 9.17) is 26.2 Å². The number of amides is 2. The molecule has 4 saturated heterocycles. The Morgan fingerprint density at radius 1 is 0.560 bits per heavy atom. The van der Waals surface area contributed by atoms with E-state index in [1.54, 1.807) is 48.8 Å². The number of pyridine rings is 6. The van der Waals surface area contributed by atoms with Crippen molar-refractivity contribution < 1.29 is 44.4 Å². The summed E-state index contributed by atoms with van der Waals surface area (Å²) in [6.45, 7) is 28.8. The first-order valence-corrected chi connectivity index (χ1v) is 41.4. The van der Waals surface area contributed by atoms with Crippen molar-refractivity contribution >= 4 is 82.4 Å². The van der Waals surface area contributed by atoms with Crippen molar-refractivity contribution in [2.24, 2.45) is 17.8 Å². The van der Waals surface area contributed by atoms with Gasteiger partial charge in [-0.2, -0.15) is 8.42 Å². The van der Waals surface area contributed by atoms with Gasteiger partial charge in [0.1, 0.15) is 51.3 Å². The van der Waals surface area contributed by atoms with E-state index in [1.165, 1.54) is 48.2 Å². The van der Waals surface area contributed by atoms with E-state index in [-0.39, 0.29) is 60.4 Å². The normalized spacial score (nSPS) is 18.6. The number of benzene rings is 3. The van der Waals surface area contributed by atoms with Crippen LogP contribution < -0.4 is 45.2 Å². The van der Waals surface area contributed by atoms with Gasteiger partial charge in [-0.25, -0.2) is 56.2 Å². The minimum atomic E-state index is -4.26. The van der Waals surface area contributed by atoms with Gasteiger partial charge in [-0.05, 0) is 207 Å². The van der Waals surface area contributed by atoms with Gasteiger partial charge in [0.25, 0.3) is 31.9 Å². The maximum absolute atomic E-state index is 13.6. The number of Topliss-reactive ketones (excluding diaryl/α,β-unsaturated/α-hetero) is 1. The highest BCUT2D eigenvalue weighted by Gasteiger charge is 2.43. The number of aromatic nitrogens is 6. The first kappa shape index (κ1) is 79.7. The number of ether oxygens (including phenoxy) is 1. The lowest BCUT2D eigenvalue weighted by molar-refractivity contribution is 0.0972. The second-order valence-corrected chi connectivity index (χ2v) is 36.1. The molecule has 27 heteroatoms. The lowest BCUT2D eigenvalue weighted by Crippen LogP contribution is -2.41. The zero-order chi connectivity index (χ0) is 78.5. The molecule has 0 bridgehead atoms. The number of sulfone groups is 1. The molecule has 2 amide bonds. The molecule has 3 unspecified atom stereocenters. The zero-order valence-electron chi connectivity index (χ0n) is 63.9. The Labute approximate surface area is 640 Å². The minimum Gasteiger partial charge on any atom is -0.493 e. The molecule has 4 fully saturated rings. The quantitative estimate of drug-likeness (QED) is 0.0515. The second-order valence-electron chi connectivity index (χ2n) is 30.9. The van der Waals surface area contributed by atoms with Crippen molar-refractivity contribution in [2.45, 2.75) is 159 Å². The van der Waals surface area contributed by atoms with E-state index >= 15 is 0 Å². The lowest BCUT2D eigenvalue weighted by Gasteiger charge is -2.34. The Balaban J connectivity index is 0.000000163. The molecule has 24 nitrogen and oxygen atoms in total. The third-order valence-electron chi connectivity index (χ3n) is 20.3. The average Bonchev–Trinajstić information content (AvgIpc) is 1.73. The fourth-order valence-electron chi connectivity index (χ4n) is 15.4. The number of carbonyl (C=O) groups excluding carboxylic acids is 3. The molecular weight excluding hydrogens is 1440 g/mol. The predicted molar refractivity (Wildman–Crippen MR) is 427 cm³/mol. The molecule has 0 saturated carbocycles. The van der Waals surface area contributed by atoms with Crippen LogP contribution in [0.15, 0.2) is 185 Å². The maximum Gasteiger partial charge on any atom is 0.281 e. The van der Waals surface area contributed by atoms with Crippen LogP contribution in [0.2, 0.25) is 0 Å². The summed E-state index contributed by atoms with van der Waals surface area (Å²) in [6.07, 6.45) is 10.5. The fraction of sp³-hybridized carbons (Fsp3) is 0.378. The van der Waals surface area contributed by atoms with E-state index < -0.39 is 53.2 Å². The molecular formula is C82H98N14O10S3. The number of sulfonamides is 2. The van der Waals surface area contributed by atoms with Gasteiger partial charge in [0.15, 0.2) is 15.8 Å². The molecule has 109 heavy (non-hydrogen) atoms. The van der Waals surface area contributed by atoms with Gasteiger partial charge in [0.2, 0.25) is 9.84 Å². The van der Waals surface area contributed by atoms with Crippen molar-refractivity contribution in [2.75, 3.05) is 69.6 Å². The van der Waals surface area contributed by atoms with Crippen LogP contribution >= 0.6 is 0 Å². The Hall–Kier alpha value is -10.4. The largest absolute Gasteiger partial charge is 0.493 e. The summed E-state index contributed by atoms with van der Waals surface area (Å²) >= 11 is 0. The number of rotatable bonds is 20. The molecule has 0 aliphatic carbocycles. The zero-order valence-corrected chi connectivity index (χ0v) is 66.3. The predicted octanol–water partition coefficient (Wildman–Crippen LogP) is 13.4. The van der Waals surface area contributed by atoms with Gasteiger partial charge in [-0.15, -0.1) is 0 Å². The Bertz CT molecular complexity index is 5200. The standard InChI is InChI=1S/C29H34N4O3S.C28H35N5O4S.C25H29N5O3S/c1-21-18-29(2,3)33(19-21)28-23(12-8-16-30-28)25(34)20-37(35,36)27-15-7-14-26(31-27)32-17-9-13-24(32)22-10-5-4-6-11-22;1-6-12-37-23-11-10-20(13-19(23)3)21-14-22(26(30-16-21)33-17-18(2)15-28(33,4)5)27(34)32-38(35,36)25-9-7-8-24(29)31-25;1-16-7-9-18(10-8-16)20-12-11-19(23(28-20)30-15-17(2)14-25(30,3)4)24(31)29-34(32,33)21-6-5-13-27-22(21)26/h4-8,10-12,14-16,21,24H,9,13,17-20H2,1-3H3;7-11,13-14,16,18H,6,12,15,17H2,1-5H3,(H2,29,31)(H,32,34);5-13,17H,14-15H2,1-4H3,(H2,26,27)(H,29,31)/t;;17-/m..0/s1. The van der Waals surface area contributed by atoms with E-state index in [2.05, 4.69) is 130 Å². The molecule has 9 aromatic rings. The van der Waals surface area contributed by atoms with Gasteiger partial charge < -0.3 is 35.8 Å². The van der Waals surface area contributed by atoms with Gasteiger partial charge in [0, 0.05) is 72.5 Å². The number of hydrogen-bond donors (Lipinski definition) is 4. The summed E-state index contributed by atoms with van der Waals surface area (Å²) in [5.41, 5.74) is 17.9. The third-order valence-corrected chi connectivity index (χ3v) is 24.4. The molecule has 10 heterocycles. The van der Waals surface area contributed by atoms with E-state index in [1.807, 2.05) is 80.6 Å². The van der Waals surface area contributed by atoms with Crippen LogP contribution in [0.3, 0.4) is 0 Å². The molecule has 4 atom stereocenters.